The molecule has 2 aliphatic rings. The fourth-order valence-electron chi connectivity index (χ4n) is 3.57. The van der Waals surface area contributed by atoms with E-state index in [0.29, 0.717) is 12.6 Å². The Hall–Kier alpha value is -0.120. The summed E-state index contributed by atoms with van der Waals surface area (Å²) >= 11 is 0. The van der Waals surface area contributed by atoms with Crippen LogP contribution in [0.5, 0.6) is 0 Å². The van der Waals surface area contributed by atoms with Crippen LogP contribution >= 0.6 is 0 Å². The SMILES string of the molecule is CCC(C1CC1)N1CC(C)CC(NCCCO)C1. The summed E-state index contributed by atoms with van der Waals surface area (Å²) in [5.41, 5.74) is 0. The first-order valence-corrected chi connectivity index (χ1v) is 7.82. The van der Waals surface area contributed by atoms with Crippen molar-refractivity contribution in [3.05, 3.63) is 0 Å². The molecule has 0 bridgehead atoms. The summed E-state index contributed by atoms with van der Waals surface area (Å²) in [5.74, 6) is 1.79. The normalized spacial score (nSPS) is 31.5. The smallest absolute Gasteiger partial charge is 0.0443 e. The van der Waals surface area contributed by atoms with Gasteiger partial charge in [0.1, 0.15) is 0 Å². The summed E-state index contributed by atoms with van der Waals surface area (Å²) in [7, 11) is 0. The Bertz CT molecular complexity index is 243. The van der Waals surface area contributed by atoms with E-state index < -0.39 is 0 Å². The van der Waals surface area contributed by atoms with Gasteiger partial charge in [0.2, 0.25) is 0 Å². The van der Waals surface area contributed by atoms with Gasteiger partial charge in [-0.15, -0.1) is 0 Å². The molecule has 2 N–H and O–H groups in total. The molecule has 1 aliphatic heterocycles. The molecule has 0 spiro atoms. The molecule has 0 aromatic heterocycles. The van der Waals surface area contributed by atoms with Gasteiger partial charge in [0.25, 0.3) is 0 Å². The van der Waals surface area contributed by atoms with Crippen LogP contribution in [0.4, 0.5) is 0 Å². The van der Waals surface area contributed by atoms with E-state index in [1.165, 1.54) is 38.8 Å². The lowest BCUT2D eigenvalue weighted by molar-refractivity contribution is 0.0892. The van der Waals surface area contributed by atoms with Crippen LogP contribution < -0.4 is 5.32 Å². The van der Waals surface area contributed by atoms with Gasteiger partial charge in [0.15, 0.2) is 0 Å². The molecule has 1 aliphatic carbocycles. The topological polar surface area (TPSA) is 35.5 Å². The predicted molar refractivity (Wildman–Crippen MR) is 75.7 cm³/mol. The van der Waals surface area contributed by atoms with Crippen molar-refractivity contribution in [3.8, 4) is 0 Å². The fourth-order valence-corrected chi connectivity index (χ4v) is 3.57. The maximum absolute atomic E-state index is 8.86. The third-order valence-electron chi connectivity index (χ3n) is 4.51. The van der Waals surface area contributed by atoms with E-state index in [-0.39, 0.29) is 0 Å². The number of hydrogen-bond donors (Lipinski definition) is 2. The monoisotopic (exact) mass is 254 g/mol. The minimum Gasteiger partial charge on any atom is -0.396 e. The van der Waals surface area contributed by atoms with Gasteiger partial charge in [-0.1, -0.05) is 13.8 Å². The number of likely N-dealkylation sites (tertiary alicyclic amines) is 1. The highest BCUT2D eigenvalue weighted by atomic mass is 16.3. The lowest BCUT2D eigenvalue weighted by Crippen LogP contribution is -2.52. The van der Waals surface area contributed by atoms with Gasteiger partial charge in [0, 0.05) is 31.8 Å². The van der Waals surface area contributed by atoms with E-state index in [9.17, 15) is 0 Å². The van der Waals surface area contributed by atoms with Crippen molar-refractivity contribution in [2.24, 2.45) is 11.8 Å². The highest BCUT2D eigenvalue weighted by molar-refractivity contribution is 4.92. The standard InChI is InChI=1S/C15H30N2O/c1-3-15(13-5-6-13)17-10-12(2)9-14(11-17)16-7-4-8-18/h12-16,18H,3-11H2,1-2H3. The molecule has 3 atom stereocenters. The second-order valence-corrected chi connectivity index (χ2v) is 6.34. The second-order valence-electron chi connectivity index (χ2n) is 6.34. The molecule has 3 nitrogen and oxygen atoms in total. The van der Waals surface area contributed by atoms with Crippen LogP contribution in [0.1, 0.15) is 46.0 Å². The lowest BCUT2D eigenvalue weighted by atomic mass is 9.93. The molecule has 18 heavy (non-hydrogen) atoms. The van der Waals surface area contributed by atoms with Gasteiger partial charge in [-0.2, -0.15) is 0 Å². The molecule has 0 aromatic carbocycles. The van der Waals surface area contributed by atoms with Gasteiger partial charge in [-0.25, -0.2) is 0 Å². The Kier molecular flexibility index (Phi) is 5.46. The van der Waals surface area contributed by atoms with E-state index in [4.69, 9.17) is 5.11 Å². The summed E-state index contributed by atoms with van der Waals surface area (Å²) in [6.07, 6.45) is 6.38. The zero-order valence-corrected chi connectivity index (χ0v) is 12.1. The Labute approximate surface area is 112 Å². The maximum atomic E-state index is 8.86. The van der Waals surface area contributed by atoms with Crippen LogP contribution in [-0.2, 0) is 0 Å². The van der Waals surface area contributed by atoms with E-state index in [1.807, 2.05) is 0 Å². The zero-order chi connectivity index (χ0) is 13.0. The number of aliphatic hydroxyl groups is 1. The fraction of sp³-hybridized carbons (Fsp3) is 1.00. The summed E-state index contributed by atoms with van der Waals surface area (Å²) < 4.78 is 0. The predicted octanol–water partition coefficient (Wildman–Crippen LogP) is 1.86. The Morgan fingerprint density at radius 2 is 2.11 bits per heavy atom. The molecule has 0 amide bonds. The molecule has 2 rings (SSSR count). The van der Waals surface area contributed by atoms with Crippen LogP contribution in [-0.4, -0.2) is 48.3 Å². The van der Waals surface area contributed by atoms with Gasteiger partial charge >= 0.3 is 0 Å². The molecule has 1 saturated heterocycles. The van der Waals surface area contributed by atoms with E-state index in [0.717, 1.165) is 30.8 Å². The summed E-state index contributed by atoms with van der Waals surface area (Å²) in [4.78, 5) is 2.74. The van der Waals surface area contributed by atoms with E-state index in [1.54, 1.807) is 0 Å². The van der Waals surface area contributed by atoms with Crippen LogP contribution in [0, 0.1) is 11.8 Å². The quantitative estimate of drug-likeness (QED) is 0.681. The first-order valence-electron chi connectivity index (χ1n) is 7.82. The largest absolute Gasteiger partial charge is 0.396 e. The third kappa shape index (κ3) is 3.94. The van der Waals surface area contributed by atoms with Crippen LogP contribution in [0.3, 0.4) is 0 Å². The highest BCUT2D eigenvalue weighted by Gasteiger charge is 2.37. The number of piperidine rings is 1. The van der Waals surface area contributed by atoms with Crippen molar-refractivity contribution in [1.82, 2.24) is 10.2 Å². The summed E-state index contributed by atoms with van der Waals surface area (Å²) in [5, 5.41) is 12.5. The first-order chi connectivity index (χ1) is 8.74. The first kappa shape index (κ1) is 14.3. The number of hydrogen-bond acceptors (Lipinski definition) is 3. The van der Waals surface area contributed by atoms with Crippen molar-refractivity contribution in [2.75, 3.05) is 26.2 Å². The second kappa shape index (κ2) is 6.88. The van der Waals surface area contributed by atoms with Crippen LogP contribution in [0.15, 0.2) is 0 Å². The number of nitrogens with zero attached hydrogens (tertiary/aromatic N) is 1. The molecule has 0 aromatic rings. The summed E-state index contributed by atoms with van der Waals surface area (Å²) in [6, 6.07) is 1.46. The minimum absolute atomic E-state index is 0.304. The Morgan fingerprint density at radius 3 is 2.72 bits per heavy atom. The Morgan fingerprint density at radius 1 is 1.33 bits per heavy atom. The van der Waals surface area contributed by atoms with Crippen LogP contribution in [0.25, 0.3) is 0 Å². The average molecular weight is 254 g/mol. The number of nitrogens with one attached hydrogen (secondary N) is 1. The molecule has 106 valence electrons. The van der Waals surface area contributed by atoms with Gasteiger partial charge in [0.05, 0.1) is 0 Å². The van der Waals surface area contributed by atoms with Crippen molar-refractivity contribution < 1.29 is 5.11 Å². The Balaban J connectivity index is 1.82. The molecular formula is C15H30N2O. The van der Waals surface area contributed by atoms with E-state index in [2.05, 4.69) is 24.1 Å². The molecule has 2 fully saturated rings. The highest BCUT2D eigenvalue weighted by Crippen LogP contribution is 2.38. The molecule has 0 radical (unpaired) electrons. The number of rotatable bonds is 7. The van der Waals surface area contributed by atoms with Gasteiger partial charge in [-0.05, 0) is 50.5 Å². The van der Waals surface area contributed by atoms with Crippen molar-refractivity contribution in [3.63, 3.8) is 0 Å². The molecule has 3 unspecified atom stereocenters. The average Bonchev–Trinajstić information content (AvgIpc) is 3.14. The maximum Gasteiger partial charge on any atom is 0.0443 e. The van der Waals surface area contributed by atoms with E-state index >= 15 is 0 Å². The molecule has 1 saturated carbocycles. The molecule has 1 heterocycles. The van der Waals surface area contributed by atoms with Gasteiger partial charge < -0.3 is 10.4 Å². The van der Waals surface area contributed by atoms with Crippen molar-refractivity contribution >= 4 is 0 Å². The van der Waals surface area contributed by atoms with Crippen LogP contribution in [0.2, 0.25) is 0 Å². The van der Waals surface area contributed by atoms with Crippen molar-refractivity contribution in [1.29, 1.82) is 0 Å². The van der Waals surface area contributed by atoms with Crippen molar-refractivity contribution in [2.45, 2.75) is 58.0 Å². The minimum atomic E-state index is 0.304. The third-order valence-corrected chi connectivity index (χ3v) is 4.51. The zero-order valence-electron chi connectivity index (χ0n) is 12.1. The number of aliphatic hydroxyl groups excluding tert-OH is 1. The lowest BCUT2D eigenvalue weighted by Gasteiger charge is -2.41. The summed E-state index contributed by atoms with van der Waals surface area (Å²) in [6.45, 7) is 8.49. The van der Waals surface area contributed by atoms with Gasteiger partial charge in [-0.3, -0.25) is 4.90 Å². The molecule has 3 heteroatoms. The molecular weight excluding hydrogens is 224 g/mol.